The number of nitrogens with zero attached hydrogens (tertiary/aromatic N) is 2. The molecule has 2 aromatic rings. The normalized spacial score (nSPS) is 14.0. The minimum atomic E-state index is -3.75. The molecule has 0 fully saturated rings. The molecule has 0 radical (unpaired) electrons. The van der Waals surface area contributed by atoms with Gasteiger partial charge in [0.2, 0.25) is 10.0 Å². The third kappa shape index (κ3) is 3.23. The van der Waals surface area contributed by atoms with Crippen molar-refractivity contribution in [2.24, 2.45) is 0 Å². The number of sulfonamides is 1. The second kappa shape index (κ2) is 6.93. The van der Waals surface area contributed by atoms with E-state index in [-0.39, 0.29) is 10.6 Å². The first-order chi connectivity index (χ1) is 12.4. The van der Waals surface area contributed by atoms with Crippen molar-refractivity contribution < 1.29 is 18.1 Å². The van der Waals surface area contributed by atoms with E-state index >= 15 is 0 Å². The summed E-state index contributed by atoms with van der Waals surface area (Å²) in [5.41, 5.74) is 2.31. The third-order valence-corrected chi connectivity index (χ3v) is 5.92. The van der Waals surface area contributed by atoms with Gasteiger partial charge in [0.15, 0.2) is 0 Å². The van der Waals surface area contributed by atoms with Gasteiger partial charge in [0.05, 0.1) is 16.9 Å². The van der Waals surface area contributed by atoms with E-state index in [2.05, 4.69) is 4.72 Å². The fraction of sp³-hybridized carbons (Fsp3) is 0.294. The van der Waals surface area contributed by atoms with Gasteiger partial charge in [0, 0.05) is 24.7 Å². The number of benzene rings is 2. The summed E-state index contributed by atoms with van der Waals surface area (Å²) in [7, 11) is -0.862. The number of rotatable bonds is 5. The van der Waals surface area contributed by atoms with Crippen molar-refractivity contribution in [1.29, 1.82) is 0 Å². The van der Waals surface area contributed by atoms with Gasteiger partial charge >= 0.3 is 0 Å². The first-order valence-corrected chi connectivity index (χ1v) is 9.47. The van der Waals surface area contributed by atoms with Gasteiger partial charge in [0.1, 0.15) is 11.4 Å². The topological polar surface area (TPSA) is 102 Å². The van der Waals surface area contributed by atoms with Crippen molar-refractivity contribution in [1.82, 2.24) is 4.72 Å². The van der Waals surface area contributed by atoms with Crippen LogP contribution in [0.1, 0.15) is 11.1 Å². The molecule has 1 heterocycles. The highest BCUT2D eigenvalue weighted by Gasteiger charge is 2.27. The zero-order valence-electron chi connectivity index (χ0n) is 14.4. The number of fused-ring (bicyclic) bond motifs is 1. The summed E-state index contributed by atoms with van der Waals surface area (Å²) < 4.78 is 31.4. The van der Waals surface area contributed by atoms with Crippen molar-refractivity contribution in [3.05, 3.63) is 57.6 Å². The molecule has 1 aliphatic rings. The number of methoxy groups -OCH3 is 1. The Morgan fingerprint density at radius 1 is 1.27 bits per heavy atom. The second-order valence-corrected chi connectivity index (χ2v) is 7.77. The lowest BCUT2D eigenvalue weighted by atomic mass is 9.98. The van der Waals surface area contributed by atoms with Crippen molar-refractivity contribution in [2.75, 3.05) is 25.6 Å². The SMILES string of the molecule is CNS(=O)(=O)c1ccc(N2CCc3c(cccc3OC)C2)c([N+](=O)[O-])c1. The van der Waals surface area contributed by atoms with Crippen LogP contribution in [0.3, 0.4) is 0 Å². The maximum absolute atomic E-state index is 11.9. The van der Waals surface area contributed by atoms with Crippen molar-refractivity contribution in [2.45, 2.75) is 17.9 Å². The zero-order valence-corrected chi connectivity index (χ0v) is 15.2. The molecular formula is C17H19N3O5S. The third-order valence-electron chi connectivity index (χ3n) is 4.51. The van der Waals surface area contributed by atoms with Crippen LogP contribution < -0.4 is 14.4 Å². The van der Waals surface area contributed by atoms with Crippen molar-refractivity contribution in [3.63, 3.8) is 0 Å². The molecule has 0 bridgehead atoms. The highest BCUT2D eigenvalue weighted by molar-refractivity contribution is 7.89. The number of ether oxygens (including phenoxy) is 1. The lowest BCUT2D eigenvalue weighted by Crippen LogP contribution is -2.31. The van der Waals surface area contributed by atoms with Gasteiger partial charge in [-0.15, -0.1) is 0 Å². The summed E-state index contributed by atoms with van der Waals surface area (Å²) in [4.78, 5) is 12.7. The molecule has 9 heteroatoms. The highest BCUT2D eigenvalue weighted by atomic mass is 32.2. The molecule has 8 nitrogen and oxygen atoms in total. The van der Waals surface area contributed by atoms with Crippen LogP contribution in [0.4, 0.5) is 11.4 Å². The van der Waals surface area contributed by atoms with Gasteiger partial charge in [-0.2, -0.15) is 0 Å². The first kappa shape index (κ1) is 18.2. The van der Waals surface area contributed by atoms with E-state index < -0.39 is 14.9 Å². The van der Waals surface area contributed by atoms with Gasteiger partial charge in [-0.05, 0) is 37.2 Å². The Labute approximate surface area is 151 Å². The number of nitro groups is 1. The molecule has 3 rings (SSSR count). The van der Waals surface area contributed by atoms with Crippen LogP contribution in [0.15, 0.2) is 41.3 Å². The van der Waals surface area contributed by atoms with E-state index in [1.54, 1.807) is 7.11 Å². The summed E-state index contributed by atoms with van der Waals surface area (Å²) in [5.74, 6) is 0.812. The Kier molecular flexibility index (Phi) is 4.84. The minimum Gasteiger partial charge on any atom is -0.496 e. The number of nitrogens with one attached hydrogen (secondary N) is 1. The number of hydrogen-bond acceptors (Lipinski definition) is 6. The molecule has 0 spiro atoms. The molecule has 2 aromatic carbocycles. The molecule has 138 valence electrons. The van der Waals surface area contributed by atoms with Crippen molar-refractivity contribution >= 4 is 21.4 Å². The quantitative estimate of drug-likeness (QED) is 0.632. The predicted molar refractivity (Wildman–Crippen MR) is 97.1 cm³/mol. The number of anilines is 1. The predicted octanol–water partition coefficient (Wildman–Crippen LogP) is 2.07. The summed E-state index contributed by atoms with van der Waals surface area (Å²) in [6.45, 7) is 1.07. The number of nitro benzene ring substituents is 1. The number of hydrogen-bond donors (Lipinski definition) is 1. The Balaban J connectivity index is 2.01. The summed E-state index contributed by atoms with van der Waals surface area (Å²) in [6.07, 6.45) is 0.688. The molecule has 0 amide bonds. The lowest BCUT2D eigenvalue weighted by Gasteiger charge is -2.31. The zero-order chi connectivity index (χ0) is 18.9. The van der Waals surface area contributed by atoms with Crippen LogP contribution >= 0.6 is 0 Å². The largest absolute Gasteiger partial charge is 0.496 e. The van der Waals surface area contributed by atoms with Crippen LogP contribution in [-0.4, -0.2) is 34.0 Å². The van der Waals surface area contributed by atoms with Gasteiger partial charge in [-0.25, -0.2) is 13.1 Å². The molecule has 0 unspecified atom stereocenters. The Hall–Kier alpha value is -2.65. The van der Waals surface area contributed by atoms with Crippen LogP contribution in [0.25, 0.3) is 0 Å². The monoisotopic (exact) mass is 377 g/mol. The minimum absolute atomic E-state index is 0.130. The van der Waals surface area contributed by atoms with Crippen LogP contribution in [0, 0.1) is 10.1 Å². The molecule has 0 saturated carbocycles. The van der Waals surface area contributed by atoms with E-state index in [4.69, 9.17) is 4.74 Å². The lowest BCUT2D eigenvalue weighted by molar-refractivity contribution is -0.384. The Morgan fingerprint density at radius 3 is 2.69 bits per heavy atom. The Morgan fingerprint density at radius 2 is 2.04 bits per heavy atom. The maximum Gasteiger partial charge on any atom is 0.293 e. The Bertz CT molecular complexity index is 959. The van der Waals surface area contributed by atoms with E-state index in [0.29, 0.717) is 25.2 Å². The van der Waals surface area contributed by atoms with Gasteiger partial charge in [-0.1, -0.05) is 12.1 Å². The summed E-state index contributed by atoms with van der Waals surface area (Å²) in [6, 6.07) is 9.73. The average molecular weight is 377 g/mol. The first-order valence-electron chi connectivity index (χ1n) is 7.99. The van der Waals surface area contributed by atoms with Crippen LogP contribution in [0.2, 0.25) is 0 Å². The maximum atomic E-state index is 11.9. The fourth-order valence-electron chi connectivity index (χ4n) is 3.17. The molecule has 0 aromatic heterocycles. The van der Waals surface area contributed by atoms with E-state index in [1.165, 1.54) is 19.2 Å². The second-order valence-electron chi connectivity index (χ2n) is 5.88. The van der Waals surface area contributed by atoms with Crippen LogP contribution in [-0.2, 0) is 23.0 Å². The van der Waals surface area contributed by atoms with Crippen molar-refractivity contribution in [3.8, 4) is 5.75 Å². The van der Waals surface area contributed by atoms with E-state index in [9.17, 15) is 18.5 Å². The molecule has 1 N–H and O–H groups in total. The summed E-state index contributed by atoms with van der Waals surface area (Å²) >= 11 is 0. The van der Waals surface area contributed by atoms with Gasteiger partial charge in [0.25, 0.3) is 5.69 Å². The standard InChI is InChI=1S/C17H19N3O5S/c1-18-26(23,24)13-6-7-15(16(10-13)20(21)22)19-9-8-14-12(11-19)4-3-5-17(14)25-2/h3-7,10,18H,8-9,11H2,1-2H3. The molecule has 26 heavy (non-hydrogen) atoms. The smallest absolute Gasteiger partial charge is 0.293 e. The summed E-state index contributed by atoms with van der Waals surface area (Å²) in [5, 5.41) is 11.5. The molecule has 1 aliphatic heterocycles. The highest BCUT2D eigenvalue weighted by Crippen LogP contribution is 2.35. The van der Waals surface area contributed by atoms with E-state index in [1.807, 2.05) is 23.1 Å². The average Bonchev–Trinajstić information content (AvgIpc) is 2.66. The molecular weight excluding hydrogens is 358 g/mol. The molecule has 0 atom stereocenters. The van der Waals surface area contributed by atoms with Gasteiger partial charge in [-0.3, -0.25) is 10.1 Å². The molecule has 0 saturated heterocycles. The van der Waals surface area contributed by atoms with Crippen LogP contribution in [0.5, 0.6) is 5.75 Å². The fourth-order valence-corrected chi connectivity index (χ4v) is 3.92. The molecule has 0 aliphatic carbocycles. The van der Waals surface area contributed by atoms with E-state index in [0.717, 1.165) is 22.9 Å². The van der Waals surface area contributed by atoms with Gasteiger partial charge < -0.3 is 9.64 Å².